The van der Waals surface area contributed by atoms with E-state index in [9.17, 15) is 9.90 Å². The second-order valence-electron chi connectivity index (χ2n) is 8.82. The summed E-state index contributed by atoms with van der Waals surface area (Å²) < 4.78 is 5.58. The van der Waals surface area contributed by atoms with Gasteiger partial charge in [0.15, 0.2) is 0 Å². The monoisotopic (exact) mass is 380 g/mol. The Morgan fingerprint density at radius 3 is 2.41 bits per heavy atom. The maximum absolute atomic E-state index is 11.1. The summed E-state index contributed by atoms with van der Waals surface area (Å²) in [5, 5.41) is 19.6. The summed E-state index contributed by atoms with van der Waals surface area (Å²) in [6, 6.07) is 0. The normalized spacial score (nSPS) is 22.4. The molecule has 4 heteroatoms. The van der Waals surface area contributed by atoms with Crippen LogP contribution in [0.5, 0.6) is 0 Å². The topological polar surface area (TPSA) is 70.1 Å². The van der Waals surface area contributed by atoms with Crippen molar-refractivity contribution in [1.29, 1.82) is 0 Å². The van der Waals surface area contributed by atoms with Gasteiger partial charge in [0.1, 0.15) is 6.10 Å². The molecular weight excluding hydrogens is 340 g/mol. The van der Waals surface area contributed by atoms with Crippen molar-refractivity contribution < 1.29 is 19.7 Å². The number of carbonyl (C=O) groups is 1. The summed E-state index contributed by atoms with van der Waals surface area (Å²) in [5.41, 5.74) is -1.58. The molecule has 3 atom stereocenters. The molecule has 0 spiro atoms. The molecule has 0 aliphatic carbocycles. The molecule has 1 aliphatic rings. The minimum atomic E-state index is -0.867. The highest BCUT2D eigenvalue weighted by Gasteiger charge is 2.39. The molecule has 1 saturated heterocycles. The molecule has 0 aromatic heterocycles. The molecule has 1 rings (SSSR count). The zero-order chi connectivity index (χ0) is 20.3. The fourth-order valence-electron chi connectivity index (χ4n) is 3.02. The van der Waals surface area contributed by atoms with E-state index in [4.69, 9.17) is 9.84 Å². The van der Waals surface area contributed by atoms with Crippen molar-refractivity contribution in [3.05, 3.63) is 24.3 Å². The number of rotatable bonds is 15. The first-order valence-corrected chi connectivity index (χ1v) is 10.6. The number of hydrogen-bond acceptors (Lipinski definition) is 3. The summed E-state index contributed by atoms with van der Waals surface area (Å²) in [6.07, 6.45) is 18.9. The van der Waals surface area contributed by atoms with Gasteiger partial charge in [-0.15, -0.1) is 0 Å². The predicted molar refractivity (Wildman–Crippen MR) is 111 cm³/mol. The summed E-state index contributed by atoms with van der Waals surface area (Å²) in [5.74, 6) is -0.772. The van der Waals surface area contributed by atoms with E-state index in [2.05, 4.69) is 19.1 Å². The van der Waals surface area contributed by atoms with Gasteiger partial charge in [-0.2, -0.15) is 0 Å². The highest BCUT2D eigenvalue weighted by molar-refractivity contribution is 5.73. The quantitative estimate of drug-likeness (QED) is 0.219. The Balaban J connectivity index is 2.18. The van der Waals surface area contributed by atoms with E-state index < -0.39 is 17.0 Å². The molecule has 156 valence electrons. The number of ether oxygens (including phenoxy) is 1. The zero-order valence-electron chi connectivity index (χ0n) is 17.7. The minimum Gasteiger partial charge on any atom is -0.481 e. The number of epoxide rings is 1. The molecule has 0 amide bonds. The molecule has 0 aromatic rings. The van der Waals surface area contributed by atoms with E-state index in [1.54, 1.807) is 13.8 Å². The summed E-state index contributed by atoms with van der Waals surface area (Å²) in [7, 11) is 0. The SMILES string of the molecule is CCCCCCCC/C=C\CC(C)(O)/C=C/C1OC1CCC(C)(C)C(=O)O. The largest absolute Gasteiger partial charge is 0.481 e. The van der Waals surface area contributed by atoms with Crippen LogP contribution in [-0.4, -0.2) is 34.0 Å². The second kappa shape index (κ2) is 11.7. The maximum atomic E-state index is 11.1. The fraction of sp³-hybridized carbons (Fsp3) is 0.783. The van der Waals surface area contributed by atoms with E-state index in [1.165, 1.54) is 38.5 Å². The van der Waals surface area contributed by atoms with Gasteiger partial charge in [-0.3, -0.25) is 4.79 Å². The number of hydrogen-bond donors (Lipinski definition) is 2. The molecule has 2 N–H and O–H groups in total. The zero-order valence-corrected chi connectivity index (χ0v) is 17.7. The second-order valence-corrected chi connectivity index (χ2v) is 8.82. The Labute approximate surface area is 165 Å². The number of unbranched alkanes of at least 4 members (excludes halogenated alkanes) is 6. The average Bonchev–Trinajstić information content (AvgIpc) is 3.35. The lowest BCUT2D eigenvalue weighted by Gasteiger charge is -2.17. The number of carboxylic acids is 1. The van der Waals surface area contributed by atoms with Gasteiger partial charge in [-0.05, 0) is 52.9 Å². The van der Waals surface area contributed by atoms with Gasteiger partial charge in [0.25, 0.3) is 0 Å². The number of aliphatic hydroxyl groups is 1. The Morgan fingerprint density at radius 2 is 1.74 bits per heavy atom. The smallest absolute Gasteiger partial charge is 0.309 e. The van der Waals surface area contributed by atoms with E-state index in [-0.39, 0.29) is 12.2 Å². The number of aliphatic carboxylic acids is 1. The molecule has 1 fully saturated rings. The van der Waals surface area contributed by atoms with Crippen molar-refractivity contribution in [3.8, 4) is 0 Å². The summed E-state index contributed by atoms with van der Waals surface area (Å²) >= 11 is 0. The van der Waals surface area contributed by atoms with E-state index >= 15 is 0 Å². The van der Waals surface area contributed by atoms with Crippen LogP contribution in [0, 0.1) is 5.41 Å². The molecule has 0 radical (unpaired) electrons. The average molecular weight is 381 g/mol. The third kappa shape index (κ3) is 10.7. The van der Waals surface area contributed by atoms with Crippen LogP contribution in [-0.2, 0) is 9.53 Å². The van der Waals surface area contributed by atoms with Crippen LogP contribution in [0.15, 0.2) is 24.3 Å². The highest BCUT2D eigenvalue weighted by atomic mass is 16.6. The van der Waals surface area contributed by atoms with Gasteiger partial charge >= 0.3 is 5.97 Å². The minimum absolute atomic E-state index is 0.00757. The summed E-state index contributed by atoms with van der Waals surface area (Å²) in [6.45, 7) is 7.53. The first-order valence-electron chi connectivity index (χ1n) is 10.6. The standard InChI is InChI=1S/C23H40O4/c1-5-6-7-8-9-10-11-12-13-16-23(4,26)18-15-20-19(27-20)14-17-22(2,3)21(24)25/h12-13,15,18-20,26H,5-11,14,16-17H2,1-4H3,(H,24,25)/b13-12-,18-15+. The molecule has 0 aromatic carbocycles. The predicted octanol–water partition coefficient (Wildman–Crippen LogP) is 5.65. The van der Waals surface area contributed by atoms with Gasteiger partial charge in [-0.25, -0.2) is 0 Å². The van der Waals surface area contributed by atoms with Gasteiger partial charge < -0.3 is 14.9 Å². The maximum Gasteiger partial charge on any atom is 0.309 e. The van der Waals surface area contributed by atoms with Crippen LogP contribution in [0.4, 0.5) is 0 Å². The van der Waals surface area contributed by atoms with Crippen molar-refractivity contribution in [3.63, 3.8) is 0 Å². The summed E-state index contributed by atoms with van der Waals surface area (Å²) in [4.78, 5) is 11.1. The Morgan fingerprint density at radius 1 is 1.07 bits per heavy atom. The first-order chi connectivity index (χ1) is 12.7. The molecule has 4 nitrogen and oxygen atoms in total. The lowest BCUT2D eigenvalue weighted by molar-refractivity contribution is -0.147. The molecule has 1 heterocycles. The van der Waals surface area contributed by atoms with Crippen LogP contribution in [0.1, 0.15) is 91.9 Å². The van der Waals surface area contributed by atoms with E-state index in [0.29, 0.717) is 12.8 Å². The number of carboxylic acid groups (broad SMARTS) is 1. The lowest BCUT2D eigenvalue weighted by atomic mass is 9.87. The number of allylic oxidation sites excluding steroid dienone is 1. The van der Waals surface area contributed by atoms with E-state index in [0.717, 1.165) is 12.8 Å². The molecule has 27 heavy (non-hydrogen) atoms. The third-order valence-corrected chi connectivity index (χ3v) is 5.32. The Bertz CT molecular complexity index is 491. The van der Waals surface area contributed by atoms with Gasteiger partial charge in [-0.1, -0.05) is 63.3 Å². The molecular formula is C23H40O4. The molecule has 3 unspecified atom stereocenters. The van der Waals surface area contributed by atoms with Crippen LogP contribution in [0.3, 0.4) is 0 Å². The highest BCUT2D eigenvalue weighted by Crippen LogP contribution is 2.33. The van der Waals surface area contributed by atoms with Crippen LogP contribution >= 0.6 is 0 Å². The Hall–Kier alpha value is -1.13. The van der Waals surface area contributed by atoms with E-state index in [1.807, 2.05) is 19.1 Å². The van der Waals surface area contributed by atoms with Crippen LogP contribution in [0.25, 0.3) is 0 Å². The molecule has 0 bridgehead atoms. The lowest BCUT2D eigenvalue weighted by Crippen LogP contribution is -2.24. The molecule has 1 aliphatic heterocycles. The fourth-order valence-corrected chi connectivity index (χ4v) is 3.02. The molecule has 0 saturated carbocycles. The van der Waals surface area contributed by atoms with Gasteiger partial charge in [0.05, 0.1) is 17.1 Å². The van der Waals surface area contributed by atoms with Crippen LogP contribution < -0.4 is 0 Å². The van der Waals surface area contributed by atoms with Crippen molar-refractivity contribution >= 4 is 5.97 Å². The Kier molecular flexibility index (Phi) is 10.3. The van der Waals surface area contributed by atoms with Crippen molar-refractivity contribution in [1.82, 2.24) is 0 Å². The first kappa shape index (κ1) is 23.9. The van der Waals surface area contributed by atoms with Gasteiger partial charge in [0.2, 0.25) is 0 Å². The third-order valence-electron chi connectivity index (χ3n) is 5.32. The van der Waals surface area contributed by atoms with Gasteiger partial charge in [0, 0.05) is 0 Å². The van der Waals surface area contributed by atoms with Crippen molar-refractivity contribution in [2.75, 3.05) is 0 Å². The van der Waals surface area contributed by atoms with Crippen molar-refractivity contribution in [2.24, 2.45) is 5.41 Å². The van der Waals surface area contributed by atoms with Crippen LogP contribution in [0.2, 0.25) is 0 Å². The van der Waals surface area contributed by atoms with Crippen molar-refractivity contribution in [2.45, 2.75) is 110 Å².